The van der Waals surface area contributed by atoms with Gasteiger partial charge in [0, 0.05) is 12.2 Å². The number of rotatable bonds is 2. The van der Waals surface area contributed by atoms with Crippen molar-refractivity contribution in [3.05, 3.63) is 34.9 Å². The van der Waals surface area contributed by atoms with Gasteiger partial charge in [-0.1, -0.05) is 32.4 Å². The quantitative estimate of drug-likeness (QED) is 0.837. The first-order valence-electron chi connectivity index (χ1n) is 8.16. The number of aliphatic hydroxyl groups excluding tert-OH is 1. The lowest BCUT2D eigenvalue weighted by atomic mass is 9.50. The average molecular weight is 286 g/mol. The molecule has 0 saturated heterocycles. The van der Waals surface area contributed by atoms with Crippen molar-refractivity contribution in [3.8, 4) is 0 Å². The summed E-state index contributed by atoms with van der Waals surface area (Å²) in [4.78, 5) is 11.6. The van der Waals surface area contributed by atoms with Gasteiger partial charge in [0.2, 0.25) is 0 Å². The number of hydrogen-bond donors (Lipinski definition) is 1. The zero-order valence-electron chi connectivity index (χ0n) is 13.4. The van der Waals surface area contributed by atoms with Crippen molar-refractivity contribution in [2.24, 2.45) is 11.3 Å². The van der Waals surface area contributed by atoms with Gasteiger partial charge in [-0.2, -0.15) is 0 Å². The largest absolute Gasteiger partial charge is 0.396 e. The van der Waals surface area contributed by atoms with Crippen molar-refractivity contribution in [3.63, 3.8) is 0 Å². The number of aliphatic hydroxyl groups is 1. The fraction of sp³-hybridized carbons (Fsp3) is 0.632. The van der Waals surface area contributed by atoms with Gasteiger partial charge in [0.25, 0.3) is 0 Å². The van der Waals surface area contributed by atoms with Crippen LogP contribution in [-0.4, -0.2) is 17.5 Å². The van der Waals surface area contributed by atoms with Crippen molar-refractivity contribution < 1.29 is 9.90 Å². The van der Waals surface area contributed by atoms with E-state index in [0.717, 1.165) is 24.8 Å². The predicted molar refractivity (Wildman–Crippen MR) is 84.7 cm³/mol. The molecule has 114 valence electrons. The summed E-state index contributed by atoms with van der Waals surface area (Å²) in [6.45, 7) is 6.55. The van der Waals surface area contributed by atoms with Gasteiger partial charge in [0.05, 0.1) is 0 Å². The number of benzene rings is 1. The van der Waals surface area contributed by atoms with E-state index < -0.39 is 0 Å². The molecule has 21 heavy (non-hydrogen) atoms. The summed E-state index contributed by atoms with van der Waals surface area (Å²) in [7, 11) is 0. The van der Waals surface area contributed by atoms with Gasteiger partial charge in [0.1, 0.15) is 0 Å². The van der Waals surface area contributed by atoms with E-state index in [0.29, 0.717) is 5.92 Å². The second kappa shape index (κ2) is 4.95. The van der Waals surface area contributed by atoms with E-state index in [9.17, 15) is 9.90 Å². The van der Waals surface area contributed by atoms with Crippen LogP contribution in [0.25, 0.3) is 0 Å². The second-order valence-corrected chi connectivity index (χ2v) is 7.60. The third kappa shape index (κ3) is 2.15. The summed E-state index contributed by atoms with van der Waals surface area (Å²) in [5, 5.41) is 9.92. The Hall–Kier alpha value is -1.15. The Morgan fingerprint density at radius 1 is 1.33 bits per heavy atom. The number of fused-ring (bicyclic) bond motifs is 3. The Labute approximate surface area is 127 Å². The maximum Gasteiger partial charge on any atom is 0.159 e. The Morgan fingerprint density at radius 3 is 2.76 bits per heavy atom. The highest BCUT2D eigenvalue weighted by Gasteiger charge is 2.51. The number of aryl methyl sites for hydroxylation is 1. The van der Waals surface area contributed by atoms with E-state index in [1.165, 1.54) is 24.0 Å². The zero-order chi connectivity index (χ0) is 15.3. The number of carbonyl (C=O) groups is 1. The lowest BCUT2D eigenvalue weighted by Gasteiger charge is -2.55. The van der Waals surface area contributed by atoms with E-state index in [2.05, 4.69) is 26.0 Å². The predicted octanol–water partition coefficient (Wildman–Crippen LogP) is 3.89. The topological polar surface area (TPSA) is 37.3 Å². The Morgan fingerprint density at radius 2 is 2.10 bits per heavy atom. The fourth-order valence-corrected chi connectivity index (χ4v) is 5.03. The monoisotopic (exact) mass is 286 g/mol. The SMILES string of the molecule is CC(=O)c1ccc2c(c1)CC[C@H]1[C@](C)(CO)CCC[C@]21C. The molecule has 0 radical (unpaired) electrons. The van der Waals surface area contributed by atoms with Crippen LogP contribution in [-0.2, 0) is 11.8 Å². The minimum absolute atomic E-state index is 0.0456. The van der Waals surface area contributed by atoms with E-state index in [1.807, 2.05) is 6.07 Å². The molecule has 2 aliphatic carbocycles. The van der Waals surface area contributed by atoms with Gasteiger partial charge in [-0.15, -0.1) is 0 Å². The van der Waals surface area contributed by atoms with Crippen LogP contribution in [0.1, 0.15) is 67.9 Å². The standard InChI is InChI=1S/C19H26O2/c1-13(21)14-5-7-16-15(11-14)6-8-17-18(2,12-20)9-4-10-19(16,17)3/h5,7,11,17,20H,4,6,8-10,12H2,1-3H3/t17-,18-,19+/m0/s1. The van der Waals surface area contributed by atoms with E-state index >= 15 is 0 Å². The van der Waals surface area contributed by atoms with Crippen molar-refractivity contribution in [1.82, 2.24) is 0 Å². The van der Waals surface area contributed by atoms with Crippen molar-refractivity contribution >= 4 is 5.78 Å². The highest BCUT2D eigenvalue weighted by Crippen LogP contribution is 2.57. The molecule has 2 aliphatic rings. The molecule has 0 heterocycles. The summed E-state index contributed by atoms with van der Waals surface area (Å²) in [6.07, 6.45) is 5.66. The number of carbonyl (C=O) groups excluding carboxylic acids is 1. The van der Waals surface area contributed by atoms with E-state index in [4.69, 9.17) is 0 Å². The van der Waals surface area contributed by atoms with Gasteiger partial charge in [0.15, 0.2) is 5.78 Å². The van der Waals surface area contributed by atoms with Crippen LogP contribution in [0.4, 0.5) is 0 Å². The van der Waals surface area contributed by atoms with Gasteiger partial charge < -0.3 is 5.11 Å². The molecular formula is C19H26O2. The lowest BCUT2D eigenvalue weighted by Crippen LogP contribution is -2.50. The summed E-state index contributed by atoms with van der Waals surface area (Å²) in [5.74, 6) is 0.688. The van der Waals surface area contributed by atoms with Crippen LogP contribution in [0.5, 0.6) is 0 Å². The molecular weight excluding hydrogens is 260 g/mol. The van der Waals surface area contributed by atoms with Crippen LogP contribution in [0.2, 0.25) is 0 Å². The molecule has 2 heteroatoms. The maximum atomic E-state index is 11.6. The molecule has 0 amide bonds. The molecule has 2 nitrogen and oxygen atoms in total. The fourth-order valence-electron chi connectivity index (χ4n) is 5.03. The van der Waals surface area contributed by atoms with Crippen LogP contribution in [0, 0.1) is 11.3 Å². The molecule has 0 aromatic heterocycles. The summed E-state index contributed by atoms with van der Waals surface area (Å²) >= 11 is 0. The maximum absolute atomic E-state index is 11.6. The zero-order valence-corrected chi connectivity index (χ0v) is 13.4. The van der Waals surface area contributed by atoms with Gasteiger partial charge in [-0.05, 0) is 66.5 Å². The molecule has 1 fully saturated rings. The van der Waals surface area contributed by atoms with E-state index in [1.54, 1.807) is 6.92 Å². The first-order valence-corrected chi connectivity index (χ1v) is 8.16. The third-order valence-electron chi connectivity index (χ3n) is 6.24. The Kier molecular flexibility index (Phi) is 3.48. The minimum atomic E-state index is 0.0456. The highest BCUT2D eigenvalue weighted by molar-refractivity contribution is 5.94. The van der Waals surface area contributed by atoms with E-state index in [-0.39, 0.29) is 23.2 Å². The molecule has 3 rings (SSSR count). The van der Waals surface area contributed by atoms with Gasteiger partial charge in [-0.25, -0.2) is 0 Å². The summed E-state index contributed by atoms with van der Waals surface area (Å²) < 4.78 is 0. The molecule has 0 spiro atoms. The van der Waals surface area contributed by atoms with Crippen LogP contribution in [0.15, 0.2) is 18.2 Å². The first-order chi connectivity index (χ1) is 9.90. The second-order valence-electron chi connectivity index (χ2n) is 7.60. The molecule has 0 unspecified atom stereocenters. The van der Waals surface area contributed by atoms with Crippen LogP contribution in [0.3, 0.4) is 0 Å². The molecule has 1 N–H and O–H groups in total. The summed E-state index contributed by atoms with van der Waals surface area (Å²) in [6, 6.07) is 6.27. The average Bonchev–Trinajstić information content (AvgIpc) is 2.46. The molecule has 1 saturated carbocycles. The molecule has 1 aromatic carbocycles. The third-order valence-corrected chi connectivity index (χ3v) is 6.24. The normalized spacial score (nSPS) is 35.0. The molecule has 1 aromatic rings. The van der Waals surface area contributed by atoms with Gasteiger partial charge >= 0.3 is 0 Å². The smallest absolute Gasteiger partial charge is 0.159 e. The highest BCUT2D eigenvalue weighted by atomic mass is 16.3. The van der Waals surface area contributed by atoms with Gasteiger partial charge in [-0.3, -0.25) is 4.79 Å². The number of ketones is 1. The molecule has 0 aliphatic heterocycles. The molecule has 3 atom stereocenters. The first kappa shape index (κ1) is 14.8. The van der Waals surface area contributed by atoms with Crippen molar-refractivity contribution in [2.45, 2.75) is 58.3 Å². The number of Topliss-reactive ketones (excluding diaryl/α,β-unsaturated/α-hetero) is 1. The number of hydrogen-bond acceptors (Lipinski definition) is 2. The van der Waals surface area contributed by atoms with Crippen molar-refractivity contribution in [1.29, 1.82) is 0 Å². The van der Waals surface area contributed by atoms with Crippen LogP contribution < -0.4 is 0 Å². The summed E-state index contributed by atoms with van der Waals surface area (Å²) in [5.41, 5.74) is 3.80. The van der Waals surface area contributed by atoms with Crippen LogP contribution >= 0.6 is 0 Å². The Balaban J connectivity index is 2.07. The Bertz CT molecular complexity index is 577. The van der Waals surface area contributed by atoms with Crippen molar-refractivity contribution in [2.75, 3.05) is 6.61 Å². The molecule has 0 bridgehead atoms. The minimum Gasteiger partial charge on any atom is -0.396 e. The lowest BCUT2D eigenvalue weighted by molar-refractivity contribution is -0.0178.